The highest BCUT2D eigenvalue weighted by Gasteiger charge is 2.07. The summed E-state index contributed by atoms with van der Waals surface area (Å²) in [5.41, 5.74) is 2.49. The van der Waals surface area contributed by atoms with Crippen LogP contribution in [0.25, 0.3) is 0 Å². The minimum Gasteiger partial charge on any atom is -0.487 e. The van der Waals surface area contributed by atoms with E-state index in [1.54, 1.807) is 36.5 Å². The molecule has 27 heavy (non-hydrogen) atoms. The van der Waals surface area contributed by atoms with Crippen LogP contribution in [0, 0.1) is 0 Å². The van der Waals surface area contributed by atoms with Crippen LogP contribution in [0.1, 0.15) is 28.4 Å². The molecule has 0 atom stereocenters. The van der Waals surface area contributed by atoms with E-state index in [1.807, 2.05) is 29.9 Å². The Morgan fingerprint density at radius 1 is 1.15 bits per heavy atom. The second kappa shape index (κ2) is 8.93. The third kappa shape index (κ3) is 5.25. The number of hydrogen-bond acceptors (Lipinski definition) is 3. The summed E-state index contributed by atoms with van der Waals surface area (Å²) in [5.74, 6) is 0.433. The molecule has 140 valence electrons. The van der Waals surface area contributed by atoms with E-state index in [2.05, 4.69) is 10.4 Å². The van der Waals surface area contributed by atoms with Crippen molar-refractivity contribution < 1.29 is 9.53 Å². The Balaban J connectivity index is 1.53. The minimum absolute atomic E-state index is 0.132. The standard InChI is InChI=1S/C20H19Cl2N3O2/c1-2-25-12-15(11-24-25)10-23-20(26)16-5-3-14(4-6-16)13-27-19-8-7-17(21)9-18(19)22/h3-9,11-12H,2,10,13H2,1H3,(H,23,26). The van der Waals surface area contributed by atoms with E-state index in [0.29, 0.717) is 34.5 Å². The van der Waals surface area contributed by atoms with Crippen molar-refractivity contribution in [2.24, 2.45) is 0 Å². The lowest BCUT2D eigenvalue weighted by Gasteiger charge is -2.09. The predicted octanol–water partition coefficient (Wildman–Crippen LogP) is 4.72. The smallest absolute Gasteiger partial charge is 0.251 e. The van der Waals surface area contributed by atoms with Crippen LogP contribution < -0.4 is 10.1 Å². The SMILES string of the molecule is CCn1cc(CNC(=O)c2ccc(COc3ccc(Cl)cc3Cl)cc2)cn1. The molecule has 3 aromatic rings. The number of halogens is 2. The molecule has 1 aromatic heterocycles. The van der Waals surface area contributed by atoms with Crippen molar-refractivity contribution in [3.63, 3.8) is 0 Å². The second-order valence-corrected chi connectivity index (χ2v) is 6.79. The molecule has 0 spiro atoms. The van der Waals surface area contributed by atoms with Gasteiger partial charge in [-0.2, -0.15) is 5.10 Å². The van der Waals surface area contributed by atoms with Crippen LogP contribution in [0.15, 0.2) is 54.9 Å². The van der Waals surface area contributed by atoms with Crippen molar-refractivity contribution in [2.75, 3.05) is 0 Å². The fourth-order valence-corrected chi connectivity index (χ4v) is 2.92. The third-order valence-electron chi connectivity index (χ3n) is 3.97. The quantitative estimate of drug-likeness (QED) is 0.620. The Labute approximate surface area is 167 Å². The zero-order chi connectivity index (χ0) is 19.2. The summed E-state index contributed by atoms with van der Waals surface area (Å²) in [4.78, 5) is 12.3. The van der Waals surface area contributed by atoms with Gasteiger partial charge in [-0.15, -0.1) is 0 Å². The highest BCUT2D eigenvalue weighted by Crippen LogP contribution is 2.28. The average molecular weight is 404 g/mol. The monoisotopic (exact) mass is 403 g/mol. The number of benzene rings is 2. The molecular weight excluding hydrogens is 385 g/mol. The highest BCUT2D eigenvalue weighted by atomic mass is 35.5. The zero-order valence-corrected chi connectivity index (χ0v) is 16.3. The van der Waals surface area contributed by atoms with Gasteiger partial charge in [0.05, 0.1) is 11.2 Å². The largest absolute Gasteiger partial charge is 0.487 e. The van der Waals surface area contributed by atoms with Crippen LogP contribution >= 0.6 is 23.2 Å². The summed E-state index contributed by atoms with van der Waals surface area (Å²) in [5, 5.41) is 8.10. The van der Waals surface area contributed by atoms with Crippen LogP contribution in [-0.2, 0) is 19.7 Å². The van der Waals surface area contributed by atoms with Crippen molar-refractivity contribution in [2.45, 2.75) is 26.6 Å². The molecule has 0 fully saturated rings. The number of aromatic nitrogens is 2. The number of hydrogen-bond donors (Lipinski definition) is 1. The summed E-state index contributed by atoms with van der Waals surface area (Å²) in [7, 11) is 0. The summed E-state index contributed by atoms with van der Waals surface area (Å²) in [6.45, 7) is 3.61. The van der Waals surface area contributed by atoms with Crippen LogP contribution in [0.4, 0.5) is 0 Å². The van der Waals surface area contributed by atoms with Gasteiger partial charge in [-0.25, -0.2) is 0 Å². The van der Waals surface area contributed by atoms with E-state index in [4.69, 9.17) is 27.9 Å². The first-order chi connectivity index (χ1) is 13.0. The van der Waals surface area contributed by atoms with Gasteiger partial charge in [0, 0.05) is 35.4 Å². The van der Waals surface area contributed by atoms with E-state index in [9.17, 15) is 4.79 Å². The van der Waals surface area contributed by atoms with Gasteiger partial charge in [-0.05, 0) is 42.8 Å². The molecule has 0 aliphatic carbocycles. The molecule has 0 saturated heterocycles. The van der Waals surface area contributed by atoms with Crippen LogP contribution in [-0.4, -0.2) is 15.7 Å². The summed E-state index contributed by atoms with van der Waals surface area (Å²) >= 11 is 12.0. The summed E-state index contributed by atoms with van der Waals surface area (Å²) in [6.07, 6.45) is 3.68. The molecule has 1 N–H and O–H groups in total. The fourth-order valence-electron chi connectivity index (χ4n) is 2.46. The van der Waals surface area contributed by atoms with Crippen LogP contribution in [0.5, 0.6) is 5.75 Å². The van der Waals surface area contributed by atoms with E-state index in [0.717, 1.165) is 17.7 Å². The van der Waals surface area contributed by atoms with Crippen molar-refractivity contribution in [3.05, 3.63) is 81.6 Å². The summed E-state index contributed by atoms with van der Waals surface area (Å²) < 4.78 is 7.52. The molecule has 0 aliphatic rings. The Bertz CT molecular complexity index is 923. The first kappa shape index (κ1) is 19.3. The van der Waals surface area contributed by atoms with Gasteiger partial charge in [0.2, 0.25) is 0 Å². The highest BCUT2D eigenvalue weighted by molar-refractivity contribution is 6.35. The van der Waals surface area contributed by atoms with Crippen molar-refractivity contribution in [1.82, 2.24) is 15.1 Å². The molecule has 2 aromatic carbocycles. The normalized spacial score (nSPS) is 10.6. The number of carbonyl (C=O) groups excluding carboxylic acids is 1. The predicted molar refractivity (Wildman–Crippen MR) is 106 cm³/mol. The second-order valence-electron chi connectivity index (χ2n) is 5.95. The molecule has 0 saturated carbocycles. The molecule has 0 unspecified atom stereocenters. The van der Waals surface area contributed by atoms with Gasteiger partial charge in [0.15, 0.2) is 0 Å². The van der Waals surface area contributed by atoms with Gasteiger partial charge >= 0.3 is 0 Å². The van der Waals surface area contributed by atoms with E-state index >= 15 is 0 Å². The average Bonchev–Trinajstić information content (AvgIpc) is 3.14. The fraction of sp³-hybridized carbons (Fsp3) is 0.200. The van der Waals surface area contributed by atoms with Gasteiger partial charge in [0.1, 0.15) is 12.4 Å². The number of nitrogens with zero attached hydrogens (tertiary/aromatic N) is 2. The molecule has 0 radical (unpaired) electrons. The lowest BCUT2D eigenvalue weighted by atomic mass is 10.1. The third-order valence-corrected chi connectivity index (χ3v) is 4.50. The molecule has 7 heteroatoms. The first-order valence-electron chi connectivity index (χ1n) is 8.51. The maximum Gasteiger partial charge on any atom is 0.251 e. The Morgan fingerprint density at radius 3 is 2.59 bits per heavy atom. The number of ether oxygens (including phenoxy) is 1. The zero-order valence-electron chi connectivity index (χ0n) is 14.8. The Kier molecular flexibility index (Phi) is 6.37. The lowest BCUT2D eigenvalue weighted by Crippen LogP contribution is -2.22. The number of amides is 1. The molecule has 5 nitrogen and oxygen atoms in total. The number of rotatable bonds is 7. The number of nitrogens with one attached hydrogen (secondary N) is 1. The van der Waals surface area contributed by atoms with Gasteiger partial charge < -0.3 is 10.1 Å². The molecule has 0 aliphatic heterocycles. The molecule has 1 amide bonds. The van der Waals surface area contributed by atoms with Crippen molar-refractivity contribution in [1.29, 1.82) is 0 Å². The maximum atomic E-state index is 12.3. The van der Waals surface area contributed by atoms with Gasteiger partial charge in [0.25, 0.3) is 5.91 Å². The first-order valence-corrected chi connectivity index (χ1v) is 9.27. The summed E-state index contributed by atoms with van der Waals surface area (Å²) in [6, 6.07) is 12.3. The van der Waals surface area contributed by atoms with E-state index < -0.39 is 0 Å². The Morgan fingerprint density at radius 2 is 1.93 bits per heavy atom. The molecule has 3 rings (SSSR count). The maximum absolute atomic E-state index is 12.3. The van der Waals surface area contributed by atoms with Crippen molar-refractivity contribution >= 4 is 29.1 Å². The Hall–Kier alpha value is -2.50. The molecule has 1 heterocycles. The minimum atomic E-state index is -0.132. The van der Waals surface area contributed by atoms with Crippen LogP contribution in [0.3, 0.4) is 0 Å². The van der Waals surface area contributed by atoms with Crippen molar-refractivity contribution in [3.8, 4) is 5.75 Å². The van der Waals surface area contributed by atoms with Crippen LogP contribution in [0.2, 0.25) is 10.0 Å². The number of carbonyl (C=O) groups is 1. The van der Waals surface area contributed by atoms with E-state index in [-0.39, 0.29) is 5.91 Å². The van der Waals surface area contributed by atoms with Gasteiger partial charge in [-0.3, -0.25) is 9.48 Å². The van der Waals surface area contributed by atoms with Gasteiger partial charge in [-0.1, -0.05) is 35.3 Å². The molecular formula is C20H19Cl2N3O2. The topological polar surface area (TPSA) is 56.2 Å². The number of aryl methyl sites for hydroxylation is 1. The lowest BCUT2D eigenvalue weighted by molar-refractivity contribution is 0.0951. The van der Waals surface area contributed by atoms with E-state index in [1.165, 1.54) is 0 Å². The molecule has 0 bridgehead atoms.